The predicted molar refractivity (Wildman–Crippen MR) is 78.9 cm³/mol. The standard InChI is InChI=1S/C17H24F3N/c1-12(2)14-4-3-9-16(21,11-14)10-13-5-7-15(8-6-13)17(18,19)20/h5-8,12,14H,3-4,9-11,21H2,1-2H3. The number of benzene rings is 1. The normalized spacial score (nSPS) is 27.1. The Morgan fingerprint density at radius 2 is 1.86 bits per heavy atom. The maximum absolute atomic E-state index is 12.6. The second-order valence-corrected chi connectivity index (χ2v) is 6.83. The summed E-state index contributed by atoms with van der Waals surface area (Å²) in [5, 5.41) is 0. The average Bonchev–Trinajstić information content (AvgIpc) is 2.37. The van der Waals surface area contributed by atoms with E-state index in [2.05, 4.69) is 13.8 Å². The van der Waals surface area contributed by atoms with Crippen molar-refractivity contribution in [2.24, 2.45) is 17.6 Å². The Hall–Kier alpha value is -1.03. The predicted octanol–water partition coefficient (Wildman–Crippen LogP) is 4.79. The third kappa shape index (κ3) is 4.22. The lowest BCUT2D eigenvalue weighted by Crippen LogP contribution is -2.47. The second-order valence-electron chi connectivity index (χ2n) is 6.83. The summed E-state index contributed by atoms with van der Waals surface area (Å²) in [6, 6.07) is 5.44. The second kappa shape index (κ2) is 5.99. The first-order valence-electron chi connectivity index (χ1n) is 7.65. The number of rotatable bonds is 3. The van der Waals surface area contributed by atoms with E-state index in [9.17, 15) is 13.2 Å². The molecule has 0 heterocycles. The van der Waals surface area contributed by atoms with Gasteiger partial charge in [0.05, 0.1) is 5.56 Å². The fourth-order valence-corrected chi connectivity index (χ4v) is 3.39. The Bertz CT molecular complexity index is 464. The van der Waals surface area contributed by atoms with Crippen LogP contribution in [0.15, 0.2) is 24.3 Å². The number of halogens is 3. The van der Waals surface area contributed by atoms with Crippen molar-refractivity contribution < 1.29 is 13.2 Å². The minimum Gasteiger partial charge on any atom is -0.325 e. The van der Waals surface area contributed by atoms with Crippen molar-refractivity contribution in [1.29, 1.82) is 0 Å². The van der Waals surface area contributed by atoms with E-state index < -0.39 is 11.7 Å². The molecule has 0 saturated heterocycles. The lowest BCUT2D eigenvalue weighted by atomic mass is 9.70. The summed E-state index contributed by atoms with van der Waals surface area (Å²) in [6.07, 6.45) is 0.632. The molecular formula is C17H24F3N. The van der Waals surface area contributed by atoms with Crippen LogP contribution in [-0.2, 0) is 12.6 Å². The summed E-state index contributed by atoms with van der Waals surface area (Å²) in [4.78, 5) is 0. The lowest BCUT2D eigenvalue weighted by Gasteiger charge is -2.40. The molecule has 1 aromatic carbocycles. The topological polar surface area (TPSA) is 26.0 Å². The van der Waals surface area contributed by atoms with Gasteiger partial charge in [0, 0.05) is 5.54 Å². The van der Waals surface area contributed by atoms with Crippen molar-refractivity contribution in [3.63, 3.8) is 0 Å². The Balaban J connectivity index is 2.06. The van der Waals surface area contributed by atoms with Gasteiger partial charge in [-0.1, -0.05) is 38.8 Å². The summed E-state index contributed by atoms with van der Waals surface area (Å²) in [5.41, 5.74) is 6.55. The number of hydrogen-bond acceptors (Lipinski definition) is 1. The van der Waals surface area contributed by atoms with Gasteiger partial charge in [0.2, 0.25) is 0 Å². The van der Waals surface area contributed by atoms with Crippen LogP contribution in [-0.4, -0.2) is 5.54 Å². The first-order chi connectivity index (χ1) is 9.70. The largest absolute Gasteiger partial charge is 0.416 e. The molecule has 1 saturated carbocycles. The van der Waals surface area contributed by atoms with Gasteiger partial charge in [-0.25, -0.2) is 0 Å². The fourth-order valence-electron chi connectivity index (χ4n) is 3.39. The van der Waals surface area contributed by atoms with Crippen LogP contribution in [0.5, 0.6) is 0 Å². The zero-order valence-electron chi connectivity index (χ0n) is 12.7. The van der Waals surface area contributed by atoms with Gasteiger partial charge in [-0.15, -0.1) is 0 Å². The first-order valence-corrected chi connectivity index (χ1v) is 7.65. The van der Waals surface area contributed by atoms with Crippen LogP contribution >= 0.6 is 0 Å². The van der Waals surface area contributed by atoms with Gasteiger partial charge in [0.25, 0.3) is 0 Å². The van der Waals surface area contributed by atoms with E-state index in [1.165, 1.54) is 6.42 Å². The van der Waals surface area contributed by atoms with E-state index in [0.717, 1.165) is 37.0 Å². The van der Waals surface area contributed by atoms with Crippen molar-refractivity contribution in [3.05, 3.63) is 35.4 Å². The molecule has 21 heavy (non-hydrogen) atoms. The van der Waals surface area contributed by atoms with Crippen molar-refractivity contribution in [3.8, 4) is 0 Å². The molecule has 0 aliphatic heterocycles. The van der Waals surface area contributed by atoms with Crippen LogP contribution in [0.3, 0.4) is 0 Å². The number of hydrogen-bond donors (Lipinski definition) is 1. The molecule has 4 heteroatoms. The van der Waals surface area contributed by atoms with Crippen LogP contribution in [0.2, 0.25) is 0 Å². The van der Waals surface area contributed by atoms with Gasteiger partial charge < -0.3 is 5.73 Å². The van der Waals surface area contributed by atoms with Crippen molar-refractivity contribution in [2.75, 3.05) is 0 Å². The Morgan fingerprint density at radius 1 is 1.24 bits per heavy atom. The maximum Gasteiger partial charge on any atom is 0.416 e. The highest BCUT2D eigenvalue weighted by atomic mass is 19.4. The quantitative estimate of drug-likeness (QED) is 0.853. The van der Waals surface area contributed by atoms with Gasteiger partial charge in [-0.05, 0) is 48.8 Å². The molecule has 0 bridgehead atoms. The third-order valence-electron chi connectivity index (χ3n) is 4.70. The molecule has 2 N–H and O–H groups in total. The lowest BCUT2D eigenvalue weighted by molar-refractivity contribution is -0.137. The molecule has 1 fully saturated rings. The van der Waals surface area contributed by atoms with Crippen LogP contribution in [0.1, 0.15) is 50.7 Å². The zero-order chi connectivity index (χ0) is 15.7. The van der Waals surface area contributed by atoms with E-state index in [-0.39, 0.29) is 5.54 Å². The van der Waals surface area contributed by atoms with Crippen molar-refractivity contribution in [2.45, 2.75) is 57.7 Å². The van der Waals surface area contributed by atoms with Crippen molar-refractivity contribution >= 4 is 0 Å². The molecule has 1 aliphatic rings. The fraction of sp³-hybridized carbons (Fsp3) is 0.647. The summed E-state index contributed by atoms with van der Waals surface area (Å²) in [7, 11) is 0. The van der Waals surface area contributed by atoms with Crippen molar-refractivity contribution in [1.82, 2.24) is 0 Å². The molecule has 2 rings (SSSR count). The highest BCUT2D eigenvalue weighted by Crippen LogP contribution is 2.37. The van der Waals surface area contributed by atoms with Crippen LogP contribution in [0.25, 0.3) is 0 Å². The molecule has 0 aromatic heterocycles. The van der Waals surface area contributed by atoms with E-state index in [1.54, 1.807) is 12.1 Å². The molecule has 1 nitrogen and oxygen atoms in total. The maximum atomic E-state index is 12.6. The monoisotopic (exact) mass is 299 g/mol. The third-order valence-corrected chi connectivity index (χ3v) is 4.70. The minimum absolute atomic E-state index is 0.271. The van der Waals surface area contributed by atoms with Crippen LogP contribution in [0.4, 0.5) is 13.2 Å². The molecule has 118 valence electrons. The Kier molecular flexibility index (Phi) is 4.66. The SMILES string of the molecule is CC(C)C1CCCC(N)(Cc2ccc(C(F)(F)F)cc2)C1. The molecule has 2 unspecified atom stereocenters. The molecular weight excluding hydrogens is 275 g/mol. The van der Waals surface area contributed by atoms with Gasteiger partial charge >= 0.3 is 6.18 Å². The molecule has 1 aromatic rings. The summed E-state index contributed by atoms with van der Waals surface area (Å²) >= 11 is 0. The summed E-state index contributed by atoms with van der Waals surface area (Å²) < 4.78 is 37.7. The van der Waals surface area contributed by atoms with Crippen LogP contribution < -0.4 is 5.73 Å². The van der Waals surface area contributed by atoms with Gasteiger partial charge in [-0.3, -0.25) is 0 Å². The zero-order valence-corrected chi connectivity index (χ0v) is 12.7. The summed E-state index contributed by atoms with van der Waals surface area (Å²) in [6.45, 7) is 4.43. The smallest absolute Gasteiger partial charge is 0.325 e. The molecule has 2 atom stereocenters. The van der Waals surface area contributed by atoms with Gasteiger partial charge in [0.1, 0.15) is 0 Å². The van der Waals surface area contributed by atoms with Crippen LogP contribution in [0, 0.1) is 11.8 Å². The van der Waals surface area contributed by atoms with Gasteiger partial charge in [-0.2, -0.15) is 13.2 Å². The molecule has 1 aliphatic carbocycles. The Morgan fingerprint density at radius 3 is 2.38 bits per heavy atom. The van der Waals surface area contributed by atoms with E-state index >= 15 is 0 Å². The molecule has 0 radical (unpaired) electrons. The summed E-state index contributed by atoms with van der Waals surface area (Å²) in [5.74, 6) is 1.24. The first kappa shape index (κ1) is 16.3. The number of nitrogens with two attached hydrogens (primary N) is 1. The van der Waals surface area contributed by atoms with Gasteiger partial charge in [0.15, 0.2) is 0 Å². The average molecular weight is 299 g/mol. The molecule has 0 spiro atoms. The molecule has 0 amide bonds. The number of alkyl halides is 3. The Labute approximate surface area is 124 Å². The van der Waals surface area contributed by atoms with E-state index in [1.807, 2.05) is 0 Å². The highest BCUT2D eigenvalue weighted by Gasteiger charge is 2.34. The highest BCUT2D eigenvalue weighted by molar-refractivity contribution is 5.26. The van der Waals surface area contributed by atoms with E-state index in [0.29, 0.717) is 18.3 Å². The van der Waals surface area contributed by atoms with E-state index in [4.69, 9.17) is 5.73 Å². The minimum atomic E-state index is -4.27.